The summed E-state index contributed by atoms with van der Waals surface area (Å²) in [5.41, 5.74) is 0.387. The van der Waals surface area contributed by atoms with Crippen LogP contribution in [-0.4, -0.2) is 53.9 Å². The van der Waals surface area contributed by atoms with Crippen LogP contribution in [0.1, 0.15) is 16.8 Å². The Hall–Kier alpha value is -1.79. The van der Waals surface area contributed by atoms with Crippen LogP contribution < -0.4 is 0 Å². The summed E-state index contributed by atoms with van der Waals surface area (Å²) in [5.74, 6) is -1.50. The molecule has 0 amide bonds. The number of nitrogens with zero attached hydrogens (tertiary/aromatic N) is 1. The van der Waals surface area contributed by atoms with Crippen LogP contribution in [0.3, 0.4) is 0 Å². The monoisotopic (exact) mass is 281 g/mol. The van der Waals surface area contributed by atoms with Crippen LogP contribution in [0.25, 0.3) is 0 Å². The number of Topliss-reactive ketones (excluding diaryl/α,β-unsaturated/α-hetero) is 1. The lowest BCUT2D eigenvalue weighted by Gasteiger charge is -2.35. The zero-order valence-corrected chi connectivity index (χ0v) is 10.9. The number of aliphatic carboxylic acids is 1. The van der Waals surface area contributed by atoms with Crippen LogP contribution >= 0.6 is 0 Å². The lowest BCUT2D eigenvalue weighted by molar-refractivity contribution is -0.140. The zero-order chi connectivity index (χ0) is 14.5. The molecule has 0 radical (unpaired) electrons. The van der Waals surface area contributed by atoms with Crippen LogP contribution in [0.4, 0.5) is 4.39 Å². The third-order valence-electron chi connectivity index (χ3n) is 3.24. The van der Waals surface area contributed by atoms with E-state index in [9.17, 15) is 14.0 Å². The highest BCUT2D eigenvalue weighted by Crippen LogP contribution is 2.19. The van der Waals surface area contributed by atoms with Crippen molar-refractivity contribution in [1.29, 1.82) is 0 Å². The molecule has 0 aliphatic carbocycles. The number of carboxylic acid groups (broad SMARTS) is 1. The molecule has 1 aromatic carbocycles. The van der Waals surface area contributed by atoms with Gasteiger partial charge in [0.1, 0.15) is 0 Å². The number of morpholine rings is 1. The smallest absolute Gasteiger partial charge is 0.305 e. The van der Waals surface area contributed by atoms with Crippen molar-refractivity contribution in [2.45, 2.75) is 18.8 Å². The summed E-state index contributed by atoms with van der Waals surface area (Å²) in [6, 6.07) is 7.34. The number of alkyl halides is 1. The molecule has 0 spiro atoms. The molecule has 1 aliphatic rings. The third kappa shape index (κ3) is 3.40. The van der Waals surface area contributed by atoms with Crippen molar-refractivity contribution in [3.8, 4) is 0 Å². The summed E-state index contributed by atoms with van der Waals surface area (Å²) in [4.78, 5) is 24.6. The second-order valence-corrected chi connectivity index (χ2v) is 4.59. The van der Waals surface area contributed by atoms with E-state index in [-0.39, 0.29) is 18.9 Å². The van der Waals surface area contributed by atoms with Gasteiger partial charge < -0.3 is 9.84 Å². The maximum Gasteiger partial charge on any atom is 0.305 e. The van der Waals surface area contributed by atoms with E-state index in [0.29, 0.717) is 12.2 Å². The number of hydrogen-bond donors (Lipinski definition) is 1. The van der Waals surface area contributed by atoms with Crippen molar-refractivity contribution in [2.75, 3.05) is 19.8 Å². The fourth-order valence-electron chi connectivity index (χ4n) is 2.26. The lowest BCUT2D eigenvalue weighted by atomic mass is 9.99. The van der Waals surface area contributed by atoms with Crippen LogP contribution in [0.2, 0.25) is 0 Å². The van der Waals surface area contributed by atoms with Gasteiger partial charge in [-0.1, -0.05) is 30.3 Å². The van der Waals surface area contributed by atoms with Crippen molar-refractivity contribution in [1.82, 2.24) is 4.90 Å². The molecule has 2 rings (SSSR count). The molecule has 0 saturated carbocycles. The van der Waals surface area contributed by atoms with Crippen molar-refractivity contribution in [2.24, 2.45) is 0 Å². The molecule has 1 fully saturated rings. The molecular weight excluding hydrogens is 265 g/mol. The Balaban J connectivity index is 2.22. The van der Waals surface area contributed by atoms with Crippen LogP contribution in [0.15, 0.2) is 30.3 Å². The van der Waals surface area contributed by atoms with Crippen molar-refractivity contribution >= 4 is 11.8 Å². The van der Waals surface area contributed by atoms with E-state index in [1.165, 1.54) is 4.90 Å². The van der Waals surface area contributed by atoms with Gasteiger partial charge in [0.15, 0.2) is 12.1 Å². The minimum absolute atomic E-state index is 0.141. The normalized spacial score (nSPS) is 21.4. The molecule has 2 atom stereocenters. The van der Waals surface area contributed by atoms with E-state index >= 15 is 0 Å². The van der Waals surface area contributed by atoms with Gasteiger partial charge in [-0.15, -0.1) is 0 Å². The Kier molecular flexibility index (Phi) is 4.81. The Labute approximate surface area is 116 Å². The number of carbonyl (C=O) groups is 2. The minimum atomic E-state index is -1.46. The summed E-state index contributed by atoms with van der Waals surface area (Å²) in [7, 11) is 0. The van der Waals surface area contributed by atoms with Crippen molar-refractivity contribution in [3.05, 3.63) is 35.9 Å². The SMILES string of the molecule is O=C(O)CC(C(=O)c1ccccc1)N1CCOCC1F. The summed E-state index contributed by atoms with van der Waals surface area (Å²) in [5, 5.41) is 8.96. The van der Waals surface area contributed by atoms with Crippen LogP contribution in [-0.2, 0) is 9.53 Å². The number of rotatable bonds is 5. The second kappa shape index (κ2) is 6.58. The number of halogens is 1. The standard InChI is InChI=1S/C14H16FNO4/c15-12-9-20-7-6-16(12)11(8-13(17)18)14(19)10-4-2-1-3-5-10/h1-5,11-12H,6-9H2,(H,17,18). The van der Waals surface area contributed by atoms with Gasteiger partial charge in [-0.05, 0) is 0 Å². The third-order valence-corrected chi connectivity index (χ3v) is 3.24. The number of hydrogen-bond acceptors (Lipinski definition) is 4. The summed E-state index contributed by atoms with van der Waals surface area (Å²) in [6.45, 7) is 0.356. The topological polar surface area (TPSA) is 66.8 Å². The van der Waals surface area contributed by atoms with E-state index in [1.807, 2.05) is 0 Å². The number of ether oxygens (including phenoxy) is 1. The molecule has 0 bridgehead atoms. The molecule has 1 saturated heterocycles. The Morgan fingerprint density at radius 1 is 1.40 bits per heavy atom. The first-order valence-corrected chi connectivity index (χ1v) is 6.38. The van der Waals surface area contributed by atoms with Crippen molar-refractivity contribution < 1.29 is 23.8 Å². The van der Waals surface area contributed by atoms with E-state index in [4.69, 9.17) is 9.84 Å². The maximum atomic E-state index is 13.9. The molecule has 20 heavy (non-hydrogen) atoms. The first-order chi connectivity index (χ1) is 9.59. The number of carboxylic acids is 1. The summed E-state index contributed by atoms with van der Waals surface area (Å²) < 4.78 is 18.9. The van der Waals surface area contributed by atoms with Gasteiger partial charge in [0.25, 0.3) is 0 Å². The largest absolute Gasteiger partial charge is 0.481 e. The van der Waals surface area contributed by atoms with Gasteiger partial charge in [-0.2, -0.15) is 0 Å². The molecule has 1 heterocycles. The molecule has 1 N–H and O–H groups in total. The first kappa shape index (κ1) is 14.6. The highest BCUT2D eigenvalue weighted by Gasteiger charge is 2.35. The molecule has 6 heteroatoms. The molecule has 1 aliphatic heterocycles. The highest BCUT2D eigenvalue weighted by molar-refractivity contribution is 6.01. The fraction of sp³-hybridized carbons (Fsp3) is 0.429. The molecule has 108 valence electrons. The van der Waals surface area contributed by atoms with Gasteiger partial charge in [-0.3, -0.25) is 14.5 Å². The predicted molar refractivity (Wildman–Crippen MR) is 69.2 cm³/mol. The Morgan fingerprint density at radius 3 is 2.70 bits per heavy atom. The van der Waals surface area contributed by atoms with Gasteiger partial charge >= 0.3 is 5.97 Å². The average molecular weight is 281 g/mol. The quantitative estimate of drug-likeness (QED) is 0.651. The van der Waals surface area contributed by atoms with E-state index in [1.54, 1.807) is 30.3 Å². The second-order valence-electron chi connectivity index (χ2n) is 4.59. The van der Waals surface area contributed by atoms with E-state index in [0.717, 1.165) is 0 Å². The summed E-state index contributed by atoms with van der Waals surface area (Å²) >= 11 is 0. The fourth-order valence-corrected chi connectivity index (χ4v) is 2.26. The summed E-state index contributed by atoms with van der Waals surface area (Å²) in [6.07, 6.45) is -1.88. The maximum absolute atomic E-state index is 13.9. The molecule has 0 aromatic heterocycles. The molecule has 2 unspecified atom stereocenters. The lowest BCUT2D eigenvalue weighted by Crippen LogP contribution is -2.52. The van der Waals surface area contributed by atoms with Gasteiger partial charge in [-0.25, -0.2) is 4.39 Å². The Bertz CT molecular complexity index is 479. The number of ketones is 1. The van der Waals surface area contributed by atoms with Gasteiger partial charge in [0.2, 0.25) is 0 Å². The number of carbonyl (C=O) groups excluding carboxylic acids is 1. The molecule has 5 nitrogen and oxygen atoms in total. The average Bonchev–Trinajstić information content (AvgIpc) is 2.46. The highest BCUT2D eigenvalue weighted by atomic mass is 19.1. The van der Waals surface area contributed by atoms with E-state index < -0.39 is 24.7 Å². The van der Waals surface area contributed by atoms with Crippen LogP contribution in [0, 0.1) is 0 Å². The zero-order valence-electron chi connectivity index (χ0n) is 10.9. The molecule has 1 aromatic rings. The number of benzene rings is 1. The predicted octanol–water partition coefficient (Wildman–Crippen LogP) is 1.34. The minimum Gasteiger partial charge on any atom is -0.481 e. The van der Waals surface area contributed by atoms with Gasteiger partial charge in [0.05, 0.1) is 25.7 Å². The van der Waals surface area contributed by atoms with E-state index in [2.05, 4.69) is 0 Å². The van der Waals surface area contributed by atoms with Crippen LogP contribution in [0.5, 0.6) is 0 Å². The first-order valence-electron chi connectivity index (χ1n) is 6.38. The Morgan fingerprint density at radius 2 is 2.10 bits per heavy atom. The van der Waals surface area contributed by atoms with Gasteiger partial charge in [0, 0.05) is 12.1 Å². The molecular formula is C14H16FNO4. The van der Waals surface area contributed by atoms with Crippen molar-refractivity contribution in [3.63, 3.8) is 0 Å².